The highest BCUT2D eigenvalue weighted by Gasteiger charge is 2.11. The van der Waals surface area contributed by atoms with Gasteiger partial charge in [0.2, 0.25) is 10.3 Å². The molecule has 0 amide bonds. The summed E-state index contributed by atoms with van der Waals surface area (Å²) in [6.07, 6.45) is 4.42. The minimum absolute atomic E-state index is 0.132. The number of benzene rings is 2. The van der Waals surface area contributed by atoms with Crippen LogP contribution in [0.1, 0.15) is 20.9 Å². The zero-order valence-electron chi connectivity index (χ0n) is 15.3. The zero-order valence-corrected chi connectivity index (χ0v) is 18.4. The quantitative estimate of drug-likeness (QED) is 0.284. The van der Waals surface area contributed by atoms with Crippen LogP contribution in [0.2, 0.25) is 10.0 Å². The largest absolute Gasteiger partial charge is 0.274 e. The van der Waals surface area contributed by atoms with E-state index in [4.69, 9.17) is 23.2 Å². The van der Waals surface area contributed by atoms with Crippen molar-refractivity contribution in [2.45, 2.75) is 12.8 Å². The molecule has 10 heteroatoms. The molecule has 2 N–H and O–H groups in total. The fourth-order valence-corrected chi connectivity index (χ4v) is 4.71. The predicted molar refractivity (Wildman–Crippen MR) is 120 cm³/mol. The number of hydrazine groups is 1. The van der Waals surface area contributed by atoms with E-state index >= 15 is 0 Å². The molecular formula is C20H14Cl2F2N4S2. The van der Waals surface area contributed by atoms with Crippen molar-refractivity contribution in [2.75, 3.05) is 10.9 Å². The summed E-state index contributed by atoms with van der Waals surface area (Å²) in [5.74, 6) is -0.865. The molecule has 0 saturated heterocycles. The van der Waals surface area contributed by atoms with Gasteiger partial charge in [0.05, 0.1) is 10.0 Å². The van der Waals surface area contributed by atoms with Crippen molar-refractivity contribution < 1.29 is 8.78 Å². The van der Waals surface area contributed by atoms with E-state index in [0.29, 0.717) is 34.2 Å². The van der Waals surface area contributed by atoms with Crippen LogP contribution in [0.3, 0.4) is 0 Å². The van der Waals surface area contributed by atoms with Gasteiger partial charge < -0.3 is 0 Å². The average Bonchev–Trinajstić information content (AvgIpc) is 3.37. The Morgan fingerprint density at radius 1 is 0.733 bits per heavy atom. The highest BCUT2D eigenvalue weighted by atomic mass is 35.5. The summed E-state index contributed by atoms with van der Waals surface area (Å²) in [6.45, 7) is 0. The second-order valence-electron chi connectivity index (χ2n) is 6.29. The SMILES string of the molecule is Fc1cccc(Cc2cnc(NNc3ncc(Cc4cccc(F)c4Cl)s3)s2)c1Cl. The topological polar surface area (TPSA) is 49.8 Å². The number of rotatable bonds is 7. The molecule has 0 bridgehead atoms. The molecule has 30 heavy (non-hydrogen) atoms. The van der Waals surface area contributed by atoms with E-state index in [1.165, 1.54) is 34.8 Å². The Labute approximate surface area is 189 Å². The molecule has 4 rings (SSSR count). The van der Waals surface area contributed by atoms with Gasteiger partial charge in [-0.25, -0.2) is 18.7 Å². The molecule has 2 aromatic heterocycles. The summed E-state index contributed by atoms with van der Waals surface area (Å²) < 4.78 is 27.2. The second-order valence-corrected chi connectivity index (χ2v) is 9.28. The summed E-state index contributed by atoms with van der Waals surface area (Å²) in [5.41, 5.74) is 7.42. The Hall–Kier alpha value is -2.26. The lowest BCUT2D eigenvalue weighted by Crippen LogP contribution is -2.07. The Kier molecular flexibility index (Phi) is 6.48. The monoisotopic (exact) mass is 482 g/mol. The predicted octanol–water partition coefficient (Wildman–Crippen LogP) is 6.81. The number of hydrogen-bond donors (Lipinski definition) is 2. The van der Waals surface area contributed by atoms with Crippen LogP contribution in [-0.2, 0) is 12.8 Å². The third kappa shape index (κ3) is 4.89. The van der Waals surface area contributed by atoms with Gasteiger partial charge in [0.15, 0.2) is 0 Å². The number of hydrogen-bond acceptors (Lipinski definition) is 6. The molecule has 0 aliphatic rings. The normalized spacial score (nSPS) is 10.9. The molecule has 0 atom stereocenters. The summed E-state index contributed by atoms with van der Waals surface area (Å²) >= 11 is 14.9. The molecule has 0 saturated carbocycles. The number of thiazole rings is 2. The van der Waals surface area contributed by atoms with Crippen molar-refractivity contribution >= 4 is 56.1 Å². The van der Waals surface area contributed by atoms with Crippen molar-refractivity contribution in [3.63, 3.8) is 0 Å². The van der Waals surface area contributed by atoms with Gasteiger partial charge in [0.25, 0.3) is 0 Å². The molecule has 0 aliphatic carbocycles. The molecule has 154 valence electrons. The van der Waals surface area contributed by atoms with Crippen LogP contribution in [-0.4, -0.2) is 9.97 Å². The van der Waals surface area contributed by atoms with Crippen LogP contribution in [0.25, 0.3) is 0 Å². The molecule has 0 spiro atoms. The van der Waals surface area contributed by atoms with Crippen molar-refractivity contribution in [1.82, 2.24) is 9.97 Å². The van der Waals surface area contributed by atoms with Gasteiger partial charge in [0.1, 0.15) is 11.6 Å². The molecule has 0 unspecified atom stereocenters. The standard InChI is InChI=1S/C20H14Cl2F2N4S2/c21-17-11(3-1-5-15(17)23)7-13-9-25-19(29-13)27-28-20-26-10-14(30-20)8-12-4-2-6-16(24)18(12)22/h1-6,9-10H,7-8H2,(H,25,27)(H,26,28). The van der Waals surface area contributed by atoms with E-state index in [0.717, 1.165) is 9.75 Å². The molecule has 4 nitrogen and oxygen atoms in total. The van der Waals surface area contributed by atoms with Crippen LogP contribution in [0.5, 0.6) is 0 Å². The molecule has 2 aromatic carbocycles. The van der Waals surface area contributed by atoms with Gasteiger partial charge in [0, 0.05) is 35.0 Å². The van der Waals surface area contributed by atoms with E-state index in [9.17, 15) is 8.78 Å². The first-order valence-electron chi connectivity index (χ1n) is 8.77. The maximum absolute atomic E-state index is 13.6. The summed E-state index contributed by atoms with van der Waals surface area (Å²) in [7, 11) is 0. The van der Waals surface area contributed by atoms with Gasteiger partial charge in [-0.05, 0) is 23.3 Å². The van der Waals surface area contributed by atoms with Crippen LogP contribution in [0.4, 0.5) is 19.0 Å². The van der Waals surface area contributed by atoms with Gasteiger partial charge in [-0.2, -0.15) is 0 Å². The van der Waals surface area contributed by atoms with Crippen molar-refractivity contribution in [3.05, 3.63) is 91.4 Å². The number of aromatic nitrogens is 2. The first-order valence-corrected chi connectivity index (χ1v) is 11.2. The Morgan fingerprint density at radius 2 is 1.17 bits per heavy atom. The Balaban J connectivity index is 1.36. The second kappa shape index (κ2) is 9.26. The third-order valence-electron chi connectivity index (χ3n) is 4.18. The van der Waals surface area contributed by atoms with Gasteiger partial charge in [-0.3, -0.25) is 10.9 Å². The average molecular weight is 483 g/mol. The summed E-state index contributed by atoms with van der Waals surface area (Å²) in [4.78, 5) is 10.5. The minimum Gasteiger partial charge on any atom is -0.274 e. The molecule has 2 heterocycles. The third-order valence-corrected chi connectivity index (χ3v) is 6.85. The fraction of sp³-hybridized carbons (Fsp3) is 0.100. The number of halogens is 4. The van der Waals surface area contributed by atoms with Gasteiger partial charge in [-0.15, -0.1) is 22.7 Å². The molecule has 0 fully saturated rings. The summed E-state index contributed by atoms with van der Waals surface area (Å²) in [5, 5.41) is 1.55. The zero-order chi connectivity index (χ0) is 21.1. The van der Waals surface area contributed by atoms with Crippen molar-refractivity contribution in [1.29, 1.82) is 0 Å². The van der Waals surface area contributed by atoms with E-state index in [2.05, 4.69) is 20.8 Å². The van der Waals surface area contributed by atoms with Crippen molar-refractivity contribution in [2.24, 2.45) is 0 Å². The highest BCUT2D eigenvalue weighted by molar-refractivity contribution is 7.16. The minimum atomic E-state index is -0.433. The van der Waals surface area contributed by atoms with Crippen molar-refractivity contribution in [3.8, 4) is 0 Å². The lowest BCUT2D eigenvalue weighted by molar-refractivity contribution is 0.626. The van der Waals surface area contributed by atoms with E-state index < -0.39 is 11.6 Å². The smallest absolute Gasteiger partial charge is 0.201 e. The summed E-state index contributed by atoms with van der Waals surface area (Å²) in [6, 6.07) is 9.52. The molecule has 0 aliphatic heterocycles. The Bertz CT molecular complexity index is 1090. The molecule has 4 aromatic rings. The first kappa shape index (κ1) is 21.0. The lowest BCUT2D eigenvalue weighted by Gasteiger charge is -2.04. The van der Waals surface area contributed by atoms with Crippen LogP contribution >= 0.6 is 45.9 Å². The lowest BCUT2D eigenvalue weighted by atomic mass is 10.1. The maximum Gasteiger partial charge on any atom is 0.201 e. The van der Waals surface area contributed by atoms with E-state index in [1.54, 1.807) is 36.7 Å². The van der Waals surface area contributed by atoms with Gasteiger partial charge >= 0.3 is 0 Å². The first-order chi connectivity index (χ1) is 14.5. The number of nitrogens with one attached hydrogen (secondary N) is 2. The molecule has 0 radical (unpaired) electrons. The Morgan fingerprint density at radius 3 is 1.60 bits per heavy atom. The van der Waals surface area contributed by atoms with Crippen LogP contribution < -0.4 is 10.9 Å². The number of anilines is 2. The van der Waals surface area contributed by atoms with E-state index in [1.807, 2.05) is 0 Å². The number of nitrogens with zero attached hydrogens (tertiary/aromatic N) is 2. The fourth-order valence-electron chi connectivity index (χ4n) is 2.75. The maximum atomic E-state index is 13.6. The van der Waals surface area contributed by atoms with Crippen LogP contribution in [0, 0.1) is 11.6 Å². The van der Waals surface area contributed by atoms with E-state index in [-0.39, 0.29) is 10.0 Å². The highest BCUT2D eigenvalue weighted by Crippen LogP contribution is 2.28. The molecular weight excluding hydrogens is 469 g/mol. The van der Waals surface area contributed by atoms with Gasteiger partial charge in [-0.1, -0.05) is 47.5 Å². The van der Waals surface area contributed by atoms with Crippen LogP contribution in [0.15, 0.2) is 48.8 Å².